The Morgan fingerprint density at radius 3 is 2.71 bits per heavy atom. The number of fused-ring (bicyclic) bond motifs is 5. The Bertz CT molecular complexity index is 1450. The van der Waals surface area contributed by atoms with Gasteiger partial charge in [-0.2, -0.15) is 0 Å². The highest BCUT2D eigenvalue weighted by molar-refractivity contribution is 5.88. The molecule has 3 aromatic rings. The molecular formula is C23H19FN2O5. The molecule has 1 aliphatic carbocycles. The molecule has 1 aromatic carbocycles. The van der Waals surface area contributed by atoms with Gasteiger partial charge in [-0.15, -0.1) is 0 Å². The molecule has 31 heavy (non-hydrogen) atoms. The van der Waals surface area contributed by atoms with Crippen molar-refractivity contribution < 1.29 is 19.0 Å². The number of esters is 1. The maximum atomic E-state index is 14.0. The van der Waals surface area contributed by atoms with Gasteiger partial charge in [0.1, 0.15) is 12.4 Å². The fraction of sp³-hybridized carbons (Fsp3) is 0.348. The van der Waals surface area contributed by atoms with Crippen LogP contribution in [0, 0.1) is 5.82 Å². The Morgan fingerprint density at radius 2 is 2.00 bits per heavy atom. The first-order chi connectivity index (χ1) is 14.8. The smallest absolute Gasteiger partial charge is 0.343 e. The highest BCUT2D eigenvalue weighted by Crippen LogP contribution is 2.43. The molecular weight excluding hydrogens is 403 g/mol. The zero-order valence-corrected chi connectivity index (χ0v) is 16.8. The summed E-state index contributed by atoms with van der Waals surface area (Å²) in [5.74, 6) is -1.31. The number of halogens is 1. The van der Waals surface area contributed by atoms with Gasteiger partial charge >= 0.3 is 5.97 Å². The average molecular weight is 422 g/mol. The lowest BCUT2D eigenvalue weighted by Crippen LogP contribution is -2.44. The van der Waals surface area contributed by atoms with Crippen molar-refractivity contribution in [2.75, 3.05) is 0 Å². The van der Waals surface area contributed by atoms with Crippen LogP contribution in [0.15, 0.2) is 33.9 Å². The van der Waals surface area contributed by atoms with Crippen molar-refractivity contribution in [2.24, 2.45) is 0 Å². The second-order valence-electron chi connectivity index (χ2n) is 8.52. The second kappa shape index (κ2) is 5.91. The Morgan fingerprint density at radius 1 is 1.23 bits per heavy atom. The lowest BCUT2D eigenvalue weighted by Gasteiger charge is -2.31. The van der Waals surface area contributed by atoms with Gasteiger partial charge < -0.3 is 19.0 Å². The summed E-state index contributed by atoms with van der Waals surface area (Å²) in [6, 6.07) is 5.94. The number of hydrogen-bond donors (Lipinski definition) is 1. The van der Waals surface area contributed by atoms with Crippen LogP contribution < -0.4 is 11.0 Å². The van der Waals surface area contributed by atoms with E-state index in [9.17, 15) is 23.9 Å². The number of pyridine rings is 2. The summed E-state index contributed by atoms with van der Waals surface area (Å²) in [4.78, 5) is 39.1. The monoisotopic (exact) mass is 422 g/mol. The molecule has 0 radical (unpaired) electrons. The van der Waals surface area contributed by atoms with Crippen molar-refractivity contribution in [3.63, 3.8) is 0 Å². The number of carbonyl (C=O) groups excluding carboxylic acids is 1. The van der Waals surface area contributed by atoms with E-state index in [4.69, 9.17) is 4.74 Å². The summed E-state index contributed by atoms with van der Waals surface area (Å²) in [6.45, 7) is 1.62. The average Bonchev–Trinajstić information content (AvgIpc) is 3.51. The lowest BCUT2D eigenvalue weighted by molar-refractivity contribution is -0.172. The number of ether oxygens (including phenoxy) is 1. The van der Waals surface area contributed by atoms with E-state index in [1.54, 1.807) is 19.1 Å². The first-order valence-corrected chi connectivity index (χ1v) is 10.4. The van der Waals surface area contributed by atoms with Gasteiger partial charge in [0, 0.05) is 17.0 Å². The topological polar surface area (TPSA) is 90.5 Å². The summed E-state index contributed by atoms with van der Waals surface area (Å²) in [6.07, 6.45) is 1.92. The van der Waals surface area contributed by atoms with Gasteiger partial charge in [0.05, 0.1) is 34.6 Å². The molecule has 0 saturated heterocycles. The first-order valence-electron chi connectivity index (χ1n) is 10.4. The van der Waals surface area contributed by atoms with Crippen molar-refractivity contribution >= 4 is 16.9 Å². The van der Waals surface area contributed by atoms with E-state index in [1.165, 1.54) is 16.7 Å². The Kier molecular flexibility index (Phi) is 3.53. The van der Waals surface area contributed by atoms with Crippen molar-refractivity contribution in [3.8, 4) is 11.3 Å². The number of cyclic esters (lactones) is 1. The third-order valence-electron chi connectivity index (χ3n) is 6.79. The first kappa shape index (κ1) is 18.5. The van der Waals surface area contributed by atoms with Gasteiger partial charge in [-0.05, 0) is 43.5 Å². The van der Waals surface area contributed by atoms with E-state index >= 15 is 0 Å². The van der Waals surface area contributed by atoms with Gasteiger partial charge in [-0.1, -0.05) is 6.92 Å². The van der Waals surface area contributed by atoms with Crippen molar-refractivity contribution in [1.82, 2.24) is 9.13 Å². The van der Waals surface area contributed by atoms with E-state index in [-0.39, 0.29) is 53.1 Å². The molecule has 158 valence electrons. The molecule has 1 fully saturated rings. The van der Waals surface area contributed by atoms with Crippen molar-refractivity contribution in [3.05, 3.63) is 67.5 Å². The number of aromatic nitrogens is 2. The molecule has 4 heterocycles. The highest BCUT2D eigenvalue weighted by Gasteiger charge is 2.46. The van der Waals surface area contributed by atoms with Crippen molar-refractivity contribution in [1.29, 1.82) is 0 Å². The molecule has 2 aromatic heterocycles. The third kappa shape index (κ3) is 2.28. The van der Waals surface area contributed by atoms with Crippen LogP contribution in [-0.4, -0.2) is 20.2 Å². The summed E-state index contributed by atoms with van der Waals surface area (Å²) in [7, 11) is 0. The number of hydrogen-bond acceptors (Lipinski definition) is 5. The fourth-order valence-corrected chi connectivity index (χ4v) is 5.01. The lowest BCUT2D eigenvalue weighted by atomic mass is 9.86. The van der Waals surface area contributed by atoms with Crippen molar-refractivity contribution in [2.45, 2.75) is 51.0 Å². The predicted molar refractivity (Wildman–Crippen MR) is 109 cm³/mol. The number of nitrogens with zero attached hydrogens (tertiary/aromatic N) is 2. The SMILES string of the molecule is CC[C@@]1(O)C(=O)OCc2c1cc1n(c2=O)Cc2c-1c(=O)c1cc(F)ccc1n2C1CC1. The van der Waals surface area contributed by atoms with Crippen LogP contribution in [0.5, 0.6) is 0 Å². The van der Waals surface area contributed by atoms with E-state index in [2.05, 4.69) is 0 Å². The Balaban J connectivity index is 1.73. The standard InChI is InChI=1S/C23H19FN2O5/c1-2-23(30)15-8-17-19-18(9-25(17)21(28)14(15)10-31-22(23)29)26(12-4-5-12)16-6-3-11(24)7-13(16)20(19)27/h3,6-8,12,30H,2,4-5,9-10H2,1H3/t23-/m0/s1. The molecule has 1 saturated carbocycles. The molecule has 0 unspecified atom stereocenters. The molecule has 1 N–H and O–H groups in total. The number of aliphatic hydroxyl groups is 1. The van der Waals surface area contributed by atoms with Gasteiger partial charge in [0.15, 0.2) is 11.0 Å². The normalized spacial score (nSPS) is 21.6. The van der Waals surface area contributed by atoms with Crippen LogP contribution in [0.4, 0.5) is 4.39 Å². The quantitative estimate of drug-likeness (QED) is 0.501. The maximum Gasteiger partial charge on any atom is 0.343 e. The third-order valence-corrected chi connectivity index (χ3v) is 6.79. The van der Waals surface area contributed by atoms with Gasteiger partial charge in [0.2, 0.25) is 0 Å². The van der Waals surface area contributed by atoms with Crippen LogP contribution >= 0.6 is 0 Å². The maximum absolute atomic E-state index is 14.0. The van der Waals surface area contributed by atoms with E-state index in [0.29, 0.717) is 22.5 Å². The molecule has 8 heteroatoms. The number of rotatable bonds is 2. The van der Waals surface area contributed by atoms with Gasteiger partial charge in [-0.3, -0.25) is 9.59 Å². The minimum absolute atomic E-state index is 0.0316. The second-order valence-corrected chi connectivity index (χ2v) is 8.52. The van der Waals surface area contributed by atoms with E-state index < -0.39 is 17.4 Å². The molecule has 7 nitrogen and oxygen atoms in total. The molecule has 6 rings (SSSR count). The highest BCUT2D eigenvalue weighted by atomic mass is 19.1. The summed E-state index contributed by atoms with van der Waals surface area (Å²) in [5, 5.41) is 11.2. The molecule has 1 atom stereocenters. The van der Waals surface area contributed by atoms with Gasteiger partial charge in [-0.25, -0.2) is 9.18 Å². The molecule has 0 amide bonds. The molecule has 3 aliphatic rings. The predicted octanol–water partition coefficient (Wildman–Crippen LogP) is 2.32. The van der Waals surface area contributed by atoms with Crippen LogP contribution in [0.1, 0.15) is 49.0 Å². The summed E-state index contributed by atoms with van der Waals surface area (Å²) in [5.41, 5.74) is -0.226. The molecule has 0 bridgehead atoms. The number of carbonyl (C=O) groups is 1. The zero-order chi connectivity index (χ0) is 21.7. The fourth-order valence-electron chi connectivity index (χ4n) is 5.01. The minimum atomic E-state index is -1.94. The summed E-state index contributed by atoms with van der Waals surface area (Å²) >= 11 is 0. The largest absolute Gasteiger partial charge is 0.458 e. The van der Waals surface area contributed by atoms with E-state index in [0.717, 1.165) is 12.8 Å². The molecule has 2 aliphatic heterocycles. The Labute approximate surface area is 175 Å². The van der Waals surface area contributed by atoms with Crippen LogP contribution in [0.2, 0.25) is 0 Å². The number of benzene rings is 1. The minimum Gasteiger partial charge on any atom is -0.458 e. The molecule has 0 spiro atoms. The van der Waals surface area contributed by atoms with E-state index in [1.807, 2.05) is 4.57 Å². The zero-order valence-electron chi connectivity index (χ0n) is 16.8. The Hall–Kier alpha value is -3.26. The van der Waals surface area contributed by atoms with Crippen LogP contribution in [0.25, 0.3) is 22.2 Å². The van der Waals surface area contributed by atoms with Crippen LogP contribution in [0.3, 0.4) is 0 Å². The summed E-state index contributed by atoms with van der Waals surface area (Å²) < 4.78 is 22.6. The van der Waals surface area contributed by atoms with Gasteiger partial charge in [0.25, 0.3) is 5.56 Å². The van der Waals surface area contributed by atoms with Crippen LogP contribution in [-0.2, 0) is 28.3 Å².